The van der Waals surface area contributed by atoms with Gasteiger partial charge in [0.15, 0.2) is 5.82 Å². The first kappa shape index (κ1) is 15.0. The van der Waals surface area contributed by atoms with Gasteiger partial charge in [-0.25, -0.2) is 0 Å². The highest BCUT2D eigenvalue weighted by Gasteiger charge is 2.30. The van der Waals surface area contributed by atoms with Gasteiger partial charge in [-0.15, -0.1) is 0 Å². The summed E-state index contributed by atoms with van der Waals surface area (Å²) in [6.45, 7) is 2.29. The molecule has 4 heteroatoms. The molecule has 1 aromatic heterocycles. The Hall–Kier alpha value is -0.900. The maximum Gasteiger partial charge on any atom is 0.231 e. The van der Waals surface area contributed by atoms with Crippen LogP contribution in [-0.4, -0.2) is 16.2 Å². The maximum absolute atomic E-state index is 6.31. The number of rotatable bonds is 3. The quantitative estimate of drug-likeness (QED) is 0.850. The minimum atomic E-state index is 0.190. The third-order valence-electron chi connectivity index (χ3n) is 5.57. The summed E-state index contributed by atoms with van der Waals surface area (Å²) >= 11 is 0. The Balaban J connectivity index is 1.70. The molecule has 0 spiro atoms. The van der Waals surface area contributed by atoms with Crippen molar-refractivity contribution in [1.29, 1.82) is 0 Å². The Morgan fingerprint density at radius 3 is 2.81 bits per heavy atom. The normalized spacial score (nSPS) is 34.6. The van der Waals surface area contributed by atoms with E-state index in [2.05, 4.69) is 12.1 Å². The molecule has 2 aliphatic rings. The topological polar surface area (TPSA) is 64.9 Å². The Bertz CT molecular complexity index is 445. The van der Waals surface area contributed by atoms with Crippen molar-refractivity contribution in [2.24, 2.45) is 11.7 Å². The van der Waals surface area contributed by atoms with Gasteiger partial charge in [0.25, 0.3) is 0 Å². The van der Waals surface area contributed by atoms with E-state index in [1.807, 2.05) is 0 Å². The van der Waals surface area contributed by atoms with E-state index in [9.17, 15) is 0 Å². The smallest absolute Gasteiger partial charge is 0.231 e. The maximum atomic E-state index is 6.31. The number of hydrogen-bond acceptors (Lipinski definition) is 4. The van der Waals surface area contributed by atoms with Gasteiger partial charge in [0.1, 0.15) is 0 Å². The molecule has 4 nitrogen and oxygen atoms in total. The molecule has 0 aromatic carbocycles. The molecule has 118 valence electrons. The van der Waals surface area contributed by atoms with Crippen LogP contribution in [0.5, 0.6) is 0 Å². The molecular formula is C17H29N3O. The minimum absolute atomic E-state index is 0.190. The number of nitrogens with zero attached hydrogens (tertiary/aromatic N) is 2. The van der Waals surface area contributed by atoms with E-state index >= 15 is 0 Å². The molecule has 1 heterocycles. The van der Waals surface area contributed by atoms with E-state index in [-0.39, 0.29) is 12.0 Å². The van der Waals surface area contributed by atoms with Crippen molar-refractivity contribution in [3.8, 4) is 0 Å². The van der Waals surface area contributed by atoms with Crippen molar-refractivity contribution in [3.05, 3.63) is 11.7 Å². The minimum Gasteiger partial charge on any atom is -0.339 e. The molecule has 0 bridgehead atoms. The van der Waals surface area contributed by atoms with E-state index in [0.29, 0.717) is 5.92 Å². The monoisotopic (exact) mass is 291 g/mol. The Morgan fingerprint density at radius 2 is 1.95 bits per heavy atom. The van der Waals surface area contributed by atoms with Gasteiger partial charge < -0.3 is 10.3 Å². The summed E-state index contributed by atoms with van der Waals surface area (Å²) < 4.78 is 5.61. The van der Waals surface area contributed by atoms with Crippen LogP contribution in [0.1, 0.15) is 94.7 Å². The summed E-state index contributed by atoms with van der Waals surface area (Å²) in [5.41, 5.74) is 6.31. The van der Waals surface area contributed by atoms with Gasteiger partial charge in [-0.3, -0.25) is 0 Å². The highest BCUT2D eigenvalue weighted by atomic mass is 16.5. The van der Waals surface area contributed by atoms with Crippen molar-refractivity contribution in [2.45, 2.75) is 89.0 Å². The molecule has 4 unspecified atom stereocenters. The highest BCUT2D eigenvalue weighted by Crippen LogP contribution is 2.37. The van der Waals surface area contributed by atoms with Crippen LogP contribution in [0.2, 0.25) is 0 Å². The fourth-order valence-electron chi connectivity index (χ4n) is 4.10. The fourth-order valence-corrected chi connectivity index (χ4v) is 4.10. The number of aromatic nitrogens is 2. The average Bonchev–Trinajstić information content (AvgIpc) is 2.90. The Morgan fingerprint density at radius 1 is 1.10 bits per heavy atom. The predicted octanol–water partition coefficient (Wildman–Crippen LogP) is 4.13. The lowest BCUT2D eigenvalue weighted by molar-refractivity contribution is 0.293. The lowest BCUT2D eigenvalue weighted by atomic mass is 9.80. The van der Waals surface area contributed by atoms with Crippen molar-refractivity contribution in [1.82, 2.24) is 10.1 Å². The summed E-state index contributed by atoms with van der Waals surface area (Å²) in [5.74, 6) is 3.37. The van der Waals surface area contributed by atoms with Gasteiger partial charge in [-0.05, 0) is 31.6 Å². The van der Waals surface area contributed by atoms with Gasteiger partial charge in [-0.1, -0.05) is 50.6 Å². The van der Waals surface area contributed by atoms with Crippen molar-refractivity contribution >= 4 is 0 Å². The molecule has 3 rings (SSSR count). The number of hydrogen-bond donors (Lipinski definition) is 1. The molecule has 4 atom stereocenters. The highest BCUT2D eigenvalue weighted by molar-refractivity contribution is 5.04. The SMILES string of the molecule is CCC1CCCC(c2noc(C3CCCCCC3N)n2)C1. The second-order valence-electron chi connectivity index (χ2n) is 7.04. The lowest BCUT2D eigenvalue weighted by Crippen LogP contribution is -2.27. The molecule has 2 N–H and O–H groups in total. The molecule has 2 saturated carbocycles. The van der Waals surface area contributed by atoms with Crippen molar-refractivity contribution in [2.75, 3.05) is 0 Å². The molecule has 1 aromatic rings. The zero-order valence-corrected chi connectivity index (χ0v) is 13.3. The van der Waals surface area contributed by atoms with Gasteiger partial charge >= 0.3 is 0 Å². The predicted molar refractivity (Wildman–Crippen MR) is 83.1 cm³/mol. The van der Waals surface area contributed by atoms with Gasteiger partial charge in [0.2, 0.25) is 5.89 Å². The van der Waals surface area contributed by atoms with Gasteiger partial charge in [-0.2, -0.15) is 4.98 Å². The van der Waals surface area contributed by atoms with Crippen LogP contribution < -0.4 is 5.73 Å². The third kappa shape index (κ3) is 3.47. The third-order valence-corrected chi connectivity index (χ3v) is 5.57. The lowest BCUT2D eigenvalue weighted by Gasteiger charge is -2.26. The van der Waals surface area contributed by atoms with Crippen LogP contribution in [0.3, 0.4) is 0 Å². The van der Waals surface area contributed by atoms with Gasteiger partial charge in [0.05, 0.1) is 5.92 Å². The van der Waals surface area contributed by atoms with Crippen LogP contribution in [0.4, 0.5) is 0 Å². The summed E-state index contributed by atoms with van der Waals surface area (Å²) in [7, 11) is 0. The summed E-state index contributed by atoms with van der Waals surface area (Å²) in [6.07, 6.45) is 12.3. The average molecular weight is 291 g/mol. The summed E-state index contributed by atoms with van der Waals surface area (Å²) in [5, 5.41) is 4.31. The number of nitrogens with two attached hydrogens (primary N) is 1. The molecule has 0 aliphatic heterocycles. The summed E-state index contributed by atoms with van der Waals surface area (Å²) in [6, 6.07) is 0.190. The second-order valence-corrected chi connectivity index (χ2v) is 7.04. The fraction of sp³-hybridized carbons (Fsp3) is 0.882. The van der Waals surface area contributed by atoms with Crippen LogP contribution in [-0.2, 0) is 0 Å². The largest absolute Gasteiger partial charge is 0.339 e. The van der Waals surface area contributed by atoms with Crippen LogP contribution >= 0.6 is 0 Å². The van der Waals surface area contributed by atoms with E-state index in [1.165, 1.54) is 51.4 Å². The molecule has 2 aliphatic carbocycles. The van der Waals surface area contributed by atoms with E-state index in [0.717, 1.165) is 30.5 Å². The Kier molecular flexibility index (Phi) is 4.94. The first-order valence-corrected chi connectivity index (χ1v) is 8.87. The zero-order valence-electron chi connectivity index (χ0n) is 13.3. The van der Waals surface area contributed by atoms with E-state index in [4.69, 9.17) is 15.2 Å². The molecule has 0 amide bonds. The molecule has 0 saturated heterocycles. The van der Waals surface area contributed by atoms with Crippen LogP contribution in [0, 0.1) is 5.92 Å². The van der Waals surface area contributed by atoms with Crippen molar-refractivity contribution in [3.63, 3.8) is 0 Å². The standard InChI is InChI=1S/C17H29N3O/c1-2-12-7-6-8-13(11-12)16-19-17(21-20-16)14-9-4-3-5-10-15(14)18/h12-15H,2-11,18H2,1H3. The zero-order chi connectivity index (χ0) is 14.7. The van der Waals surface area contributed by atoms with Crippen LogP contribution in [0.15, 0.2) is 4.52 Å². The second kappa shape index (κ2) is 6.91. The summed E-state index contributed by atoms with van der Waals surface area (Å²) in [4.78, 5) is 4.76. The molecular weight excluding hydrogens is 262 g/mol. The Labute approximate surface area is 127 Å². The van der Waals surface area contributed by atoms with Crippen molar-refractivity contribution < 1.29 is 4.52 Å². The van der Waals surface area contributed by atoms with Gasteiger partial charge in [0, 0.05) is 12.0 Å². The first-order chi connectivity index (χ1) is 10.3. The van der Waals surface area contributed by atoms with E-state index < -0.39 is 0 Å². The molecule has 2 fully saturated rings. The molecule has 0 radical (unpaired) electrons. The van der Waals surface area contributed by atoms with Crippen LogP contribution in [0.25, 0.3) is 0 Å². The van der Waals surface area contributed by atoms with E-state index in [1.54, 1.807) is 0 Å². The molecule has 21 heavy (non-hydrogen) atoms. The first-order valence-electron chi connectivity index (χ1n) is 8.87.